The quantitative estimate of drug-likeness (QED) is 0.173. The van der Waals surface area contributed by atoms with Crippen LogP contribution in [-0.4, -0.2) is 19.1 Å². The summed E-state index contributed by atoms with van der Waals surface area (Å²) in [7, 11) is 0. The van der Waals surface area contributed by atoms with Gasteiger partial charge >= 0.3 is 0 Å². The van der Waals surface area contributed by atoms with Crippen LogP contribution < -0.4 is 0 Å². The molecule has 6 heterocycles. The van der Waals surface area contributed by atoms with Gasteiger partial charge in [0.05, 0.1) is 33.5 Å². The SMILES string of the molecule is CC.CC.c1ccc(-c2ccc3oc4ccc(-c5cccc(-n6c7ccccc7c7ccc8c9ccccc9n(-c9cccc(-c%10ccc%11oc%12ccccc%12c%11c%10)n9)c8c76)n5)cc4c3c2)cc1. The maximum absolute atomic E-state index is 6.35. The van der Waals surface area contributed by atoms with Gasteiger partial charge in [0.25, 0.3) is 0 Å². The number of pyridine rings is 2. The molecule has 0 bridgehead atoms. The van der Waals surface area contributed by atoms with Crippen LogP contribution in [0.5, 0.6) is 0 Å². The van der Waals surface area contributed by atoms with Crippen LogP contribution >= 0.6 is 0 Å². The Labute approximate surface area is 393 Å². The van der Waals surface area contributed by atoms with Gasteiger partial charge in [-0.25, -0.2) is 9.97 Å². The van der Waals surface area contributed by atoms with Crippen molar-refractivity contribution in [2.75, 3.05) is 0 Å². The van der Waals surface area contributed by atoms with Gasteiger partial charge in [-0.1, -0.05) is 143 Å². The summed E-state index contributed by atoms with van der Waals surface area (Å²) in [6.07, 6.45) is 0. The first-order valence-electron chi connectivity index (χ1n) is 23.6. The lowest BCUT2D eigenvalue weighted by molar-refractivity contribution is 0.668. The maximum Gasteiger partial charge on any atom is 0.138 e. The zero-order valence-corrected chi connectivity index (χ0v) is 38.2. The van der Waals surface area contributed by atoms with Gasteiger partial charge in [-0.15, -0.1) is 0 Å². The Morgan fingerprint density at radius 1 is 0.294 bits per heavy atom. The molecule has 0 fully saturated rings. The normalized spacial score (nSPS) is 11.5. The van der Waals surface area contributed by atoms with E-state index in [9.17, 15) is 0 Å². The van der Waals surface area contributed by atoms with Crippen LogP contribution in [0.15, 0.2) is 215 Å². The van der Waals surface area contributed by atoms with Crippen molar-refractivity contribution < 1.29 is 8.83 Å². The van der Waals surface area contributed by atoms with E-state index in [1.54, 1.807) is 0 Å². The van der Waals surface area contributed by atoms with Gasteiger partial charge in [-0.05, 0) is 102 Å². The third-order valence-corrected chi connectivity index (χ3v) is 12.9. The van der Waals surface area contributed by atoms with E-state index in [0.717, 1.165) is 127 Å². The number of hydrogen-bond donors (Lipinski definition) is 0. The third kappa shape index (κ3) is 6.40. The van der Waals surface area contributed by atoms with E-state index in [1.165, 1.54) is 5.56 Å². The van der Waals surface area contributed by atoms with E-state index in [0.29, 0.717) is 0 Å². The van der Waals surface area contributed by atoms with Crippen LogP contribution in [0.4, 0.5) is 0 Å². The van der Waals surface area contributed by atoms with Gasteiger partial charge in [-0.3, -0.25) is 9.13 Å². The Morgan fingerprint density at radius 3 is 1.24 bits per heavy atom. The molecule has 0 spiro atoms. The summed E-state index contributed by atoms with van der Waals surface area (Å²) < 4.78 is 17.2. The van der Waals surface area contributed by atoms with Crippen molar-refractivity contribution in [3.05, 3.63) is 206 Å². The Morgan fingerprint density at radius 2 is 0.706 bits per heavy atom. The van der Waals surface area contributed by atoms with Crippen molar-refractivity contribution in [2.45, 2.75) is 27.7 Å². The summed E-state index contributed by atoms with van der Waals surface area (Å²) in [4.78, 5) is 10.9. The molecule has 0 saturated carbocycles. The minimum Gasteiger partial charge on any atom is -0.456 e. The molecular formula is C62H46N4O2. The highest BCUT2D eigenvalue weighted by molar-refractivity contribution is 6.23. The topological polar surface area (TPSA) is 61.9 Å². The fraction of sp³-hybridized carbons (Fsp3) is 0.0645. The molecule has 0 aliphatic heterocycles. The fourth-order valence-corrected chi connectivity index (χ4v) is 10.0. The molecule has 68 heavy (non-hydrogen) atoms. The highest BCUT2D eigenvalue weighted by Crippen LogP contribution is 2.42. The second kappa shape index (κ2) is 16.6. The number of hydrogen-bond acceptors (Lipinski definition) is 4. The molecule has 6 aromatic heterocycles. The van der Waals surface area contributed by atoms with Crippen LogP contribution in [0.3, 0.4) is 0 Å². The zero-order valence-electron chi connectivity index (χ0n) is 38.2. The second-order valence-electron chi connectivity index (χ2n) is 16.5. The van der Waals surface area contributed by atoms with E-state index in [2.05, 4.69) is 197 Å². The summed E-state index contributed by atoms with van der Waals surface area (Å²) in [5, 5.41) is 8.93. The molecule has 0 unspecified atom stereocenters. The van der Waals surface area contributed by atoms with Crippen molar-refractivity contribution in [3.8, 4) is 45.3 Å². The minimum absolute atomic E-state index is 0.832. The van der Waals surface area contributed by atoms with Crippen LogP contribution in [0.25, 0.3) is 133 Å². The van der Waals surface area contributed by atoms with Crippen LogP contribution in [-0.2, 0) is 0 Å². The Bertz CT molecular complexity index is 4210. The van der Waals surface area contributed by atoms with Gasteiger partial charge in [0.2, 0.25) is 0 Å². The lowest BCUT2D eigenvalue weighted by atomic mass is 10.0. The molecule has 14 aromatic rings. The van der Waals surface area contributed by atoms with Gasteiger partial charge < -0.3 is 8.83 Å². The first kappa shape index (κ1) is 40.7. The molecule has 6 heteroatoms. The van der Waals surface area contributed by atoms with Crippen molar-refractivity contribution >= 4 is 87.5 Å². The molecule has 8 aromatic carbocycles. The van der Waals surface area contributed by atoms with E-state index in [1.807, 2.05) is 45.9 Å². The Balaban J connectivity index is 0.00000117. The van der Waals surface area contributed by atoms with E-state index in [-0.39, 0.29) is 0 Å². The van der Waals surface area contributed by atoms with Gasteiger partial charge in [0, 0.05) is 54.2 Å². The average molecular weight is 879 g/mol. The summed E-state index contributed by atoms with van der Waals surface area (Å²) in [6, 6.07) is 72.4. The first-order valence-corrected chi connectivity index (χ1v) is 23.6. The zero-order chi connectivity index (χ0) is 45.9. The van der Waals surface area contributed by atoms with E-state index < -0.39 is 0 Å². The van der Waals surface area contributed by atoms with Crippen molar-refractivity contribution in [2.24, 2.45) is 0 Å². The molecule has 0 aliphatic rings. The molecule has 14 rings (SSSR count). The highest BCUT2D eigenvalue weighted by atomic mass is 16.3. The van der Waals surface area contributed by atoms with Crippen LogP contribution in [0.1, 0.15) is 27.7 Å². The van der Waals surface area contributed by atoms with Crippen LogP contribution in [0, 0.1) is 0 Å². The smallest absolute Gasteiger partial charge is 0.138 e. The second-order valence-corrected chi connectivity index (χ2v) is 16.5. The molecule has 0 amide bonds. The van der Waals surface area contributed by atoms with Crippen molar-refractivity contribution in [3.63, 3.8) is 0 Å². The summed E-state index contributed by atoms with van der Waals surface area (Å²) in [5.74, 6) is 1.67. The third-order valence-electron chi connectivity index (χ3n) is 12.9. The average Bonchev–Trinajstić information content (AvgIpc) is 4.17. The lowest BCUT2D eigenvalue weighted by Crippen LogP contribution is -2.02. The molecule has 0 radical (unpaired) electrons. The summed E-state index contributed by atoms with van der Waals surface area (Å²) in [5.41, 5.74) is 13.9. The molecule has 0 aliphatic carbocycles. The van der Waals surface area contributed by atoms with Crippen molar-refractivity contribution in [1.82, 2.24) is 19.1 Å². The minimum atomic E-state index is 0.832. The standard InChI is InChI=1S/C58H34N4O2.2C2H6/c1-2-12-35(13-3-1)36-24-29-53-45(32-36)46-34-38(26-31-54(46)64-53)48-18-11-23-56(60-48)62-50-20-8-5-15-40(50)43-28-27-42-39-14-4-7-19-49(39)61(57(42)58(43)62)55-22-10-17-47(59-55)37-25-30-52-44(33-37)41-16-6-9-21-51(41)63-52;2*1-2/h1-34H;2*1-2H3. The number of fused-ring (bicyclic) bond motifs is 13. The molecule has 0 atom stereocenters. The van der Waals surface area contributed by atoms with Crippen LogP contribution in [0.2, 0.25) is 0 Å². The predicted molar refractivity (Wildman–Crippen MR) is 284 cm³/mol. The number of rotatable bonds is 5. The van der Waals surface area contributed by atoms with Gasteiger partial charge in [0.1, 0.15) is 34.0 Å². The number of aromatic nitrogens is 4. The van der Waals surface area contributed by atoms with Crippen molar-refractivity contribution in [1.29, 1.82) is 0 Å². The fourth-order valence-electron chi connectivity index (χ4n) is 10.0. The number of benzene rings is 8. The van der Waals surface area contributed by atoms with E-state index in [4.69, 9.17) is 18.8 Å². The van der Waals surface area contributed by atoms with Gasteiger partial charge in [0.15, 0.2) is 0 Å². The molecule has 326 valence electrons. The van der Waals surface area contributed by atoms with E-state index >= 15 is 0 Å². The van der Waals surface area contributed by atoms with Gasteiger partial charge in [-0.2, -0.15) is 0 Å². The first-order chi connectivity index (χ1) is 33.7. The largest absolute Gasteiger partial charge is 0.456 e. The molecule has 0 saturated heterocycles. The summed E-state index contributed by atoms with van der Waals surface area (Å²) in [6.45, 7) is 8.00. The number of para-hydroxylation sites is 3. The molecule has 0 N–H and O–H groups in total. The monoisotopic (exact) mass is 878 g/mol. The number of nitrogens with zero attached hydrogens (tertiary/aromatic N) is 4. The summed E-state index contributed by atoms with van der Waals surface area (Å²) >= 11 is 0. The molecule has 6 nitrogen and oxygen atoms in total. The molecular weight excluding hydrogens is 833 g/mol. The predicted octanol–water partition coefficient (Wildman–Crippen LogP) is 17.5. The lowest BCUT2D eigenvalue weighted by Gasteiger charge is -2.13. The Hall–Kier alpha value is -8.74. The Kier molecular flexibility index (Phi) is 9.95. The number of furan rings is 2. The maximum atomic E-state index is 6.35. The highest BCUT2D eigenvalue weighted by Gasteiger charge is 2.23.